The Morgan fingerprint density at radius 1 is 0.533 bits per heavy atom. The zero-order valence-corrected chi connectivity index (χ0v) is 38.7. The first kappa shape index (κ1) is 56.4. The third-order valence-electron chi connectivity index (χ3n) is 11.5. The molecule has 1 aliphatic heterocycles. The van der Waals surface area contributed by atoms with Crippen molar-refractivity contribution in [1.29, 1.82) is 0 Å². The first-order valence-corrected chi connectivity index (χ1v) is 25.1. The van der Waals surface area contributed by atoms with Crippen LogP contribution in [-0.2, 0) is 23.7 Å². The monoisotopic (exact) mass is 851 g/mol. The summed E-state index contributed by atoms with van der Waals surface area (Å²) in [5.74, 6) is -0.316. The lowest BCUT2D eigenvalue weighted by Crippen LogP contribution is -2.59. The number of esters is 1. The predicted octanol–water partition coefficient (Wildman–Crippen LogP) is 11.9. The molecule has 0 bridgehead atoms. The number of unbranched alkanes of at least 4 members (excludes halogenated alkanes) is 26. The Kier molecular flexibility index (Phi) is 40.2. The molecule has 0 aliphatic carbocycles. The molecule has 1 aliphatic rings. The number of carbonyl (C=O) groups excluding carboxylic acids is 1. The summed E-state index contributed by atoms with van der Waals surface area (Å²) in [5.41, 5.74) is 0. The number of aliphatic hydroxyl groups is 4. The highest BCUT2D eigenvalue weighted by Crippen LogP contribution is 2.23. The van der Waals surface area contributed by atoms with Crippen LogP contribution < -0.4 is 0 Å². The molecule has 0 spiro atoms. The molecule has 0 aromatic carbocycles. The maximum atomic E-state index is 12.8. The number of allylic oxidation sites excluding steroid dienone is 6. The molecular formula is C51H94O9. The lowest BCUT2D eigenvalue weighted by Gasteiger charge is -2.39. The fourth-order valence-corrected chi connectivity index (χ4v) is 7.58. The largest absolute Gasteiger partial charge is 0.457 e. The van der Waals surface area contributed by atoms with Crippen molar-refractivity contribution < 1.29 is 44.2 Å². The van der Waals surface area contributed by atoms with Gasteiger partial charge in [0, 0.05) is 13.0 Å². The average molecular weight is 851 g/mol. The van der Waals surface area contributed by atoms with Gasteiger partial charge in [-0.2, -0.15) is 0 Å². The highest BCUT2D eigenvalue weighted by Gasteiger charge is 2.44. The van der Waals surface area contributed by atoms with Gasteiger partial charge in [-0.05, 0) is 70.6 Å². The second-order valence-corrected chi connectivity index (χ2v) is 17.3. The van der Waals surface area contributed by atoms with Crippen LogP contribution in [0.5, 0.6) is 0 Å². The lowest BCUT2D eigenvalue weighted by atomic mass is 9.99. The van der Waals surface area contributed by atoms with Gasteiger partial charge in [0.05, 0.1) is 19.8 Å². The quantitative estimate of drug-likeness (QED) is 0.0269. The van der Waals surface area contributed by atoms with Crippen LogP contribution in [0.25, 0.3) is 0 Å². The highest BCUT2D eigenvalue weighted by molar-refractivity contribution is 5.69. The molecule has 4 N–H and O–H groups in total. The van der Waals surface area contributed by atoms with Gasteiger partial charge in [0.15, 0.2) is 6.29 Å². The molecule has 6 atom stereocenters. The van der Waals surface area contributed by atoms with Gasteiger partial charge in [-0.25, -0.2) is 0 Å². The van der Waals surface area contributed by atoms with Gasteiger partial charge in [-0.1, -0.05) is 179 Å². The minimum absolute atomic E-state index is 0.115. The van der Waals surface area contributed by atoms with Gasteiger partial charge in [-0.15, -0.1) is 0 Å². The van der Waals surface area contributed by atoms with Gasteiger partial charge >= 0.3 is 5.97 Å². The van der Waals surface area contributed by atoms with Gasteiger partial charge in [0.2, 0.25) is 0 Å². The summed E-state index contributed by atoms with van der Waals surface area (Å²) >= 11 is 0. The zero-order chi connectivity index (χ0) is 43.6. The van der Waals surface area contributed by atoms with E-state index in [1.807, 2.05) is 0 Å². The number of hydrogen-bond donors (Lipinski definition) is 4. The van der Waals surface area contributed by atoms with Crippen LogP contribution in [0.1, 0.15) is 219 Å². The first-order valence-electron chi connectivity index (χ1n) is 25.1. The number of carbonyl (C=O) groups is 1. The second kappa shape index (κ2) is 42.7. The Morgan fingerprint density at radius 3 is 1.48 bits per heavy atom. The Balaban J connectivity index is 2.22. The molecule has 9 nitrogen and oxygen atoms in total. The van der Waals surface area contributed by atoms with Crippen LogP contribution in [0, 0.1) is 0 Å². The number of hydrogen-bond acceptors (Lipinski definition) is 9. The van der Waals surface area contributed by atoms with E-state index in [4.69, 9.17) is 18.9 Å². The summed E-state index contributed by atoms with van der Waals surface area (Å²) in [6, 6.07) is 0. The Labute approximate surface area is 368 Å². The standard InChI is InChI=1S/C51H94O9/c1-3-5-7-9-11-13-15-17-19-21-23-24-26-28-30-32-34-36-38-40-47(53)59-45(44-58-51-50(56)49(55)48(54)46(42-52)60-51)43-57-41-39-37-35-33-31-29-27-25-22-20-18-16-14-12-10-8-6-4-2/h12,14,17-20,45-46,48-52,54-56H,3-11,13,15-16,21-44H2,1-2H3/b14-12-,19-17-,20-18-. The van der Waals surface area contributed by atoms with E-state index in [1.54, 1.807) is 0 Å². The maximum Gasteiger partial charge on any atom is 0.306 e. The van der Waals surface area contributed by atoms with Crippen LogP contribution in [-0.4, -0.2) is 89.6 Å². The molecule has 1 saturated heterocycles. The molecule has 9 heteroatoms. The predicted molar refractivity (Wildman–Crippen MR) is 247 cm³/mol. The van der Waals surface area contributed by atoms with Crippen molar-refractivity contribution in [3.63, 3.8) is 0 Å². The third-order valence-corrected chi connectivity index (χ3v) is 11.5. The van der Waals surface area contributed by atoms with E-state index in [2.05, 4.69) is 50.3 Å². The Bertz CT molecular complexity index is 1010. The van der Waals surface area contributed by atoms with Crippen LogP contribution in [0.4, 0.5) is 0 Å². The Hall–Kier alpha value is -1.59. The first-order chi connectivity index (χ1) is 29.4. The zero-order valence-electron chi connectivity index (χ0n) is 38.7. The smallest absolute Gasteiger partial charge is 0.306 e. The van der Waals surface area contributed by atoms with Gasteiger partial charge in [-0.3, -0.25) is 4.79 Å². The van der Waals surface area contributed by atoms with E-state index in [0.717, 1.165) is 38.5 Å². The summed E-state index contributed by atoms with van der Waals surface area (Å²) in [6.45, 7) is 4.54. The van der Waals surface area contributed by atoms with E-state index < -0.39 is 43.4 Å². The van der Waals surface area contributed by atoms with Crippen LogP contribution in [0.2, 0.25) is 0 Å². The molecule has 6 unspecified atom stereocenters. The van der Waals surface area contributed by atoms with E-state index in [0.29, 0.717) is 13.0 Å². The number of ether oxygens (including phenoxy) is 4. The fraction of sp³-hybridized carbons (Fsp3) is 0.863. The molecule has 1 heterocycles. The minimum atomic E-state index is -1.54. The van der Waals surface area contributed by atoms with Crippen molar-refractivity contribution in [2.75, 3.05) is 26.4 Å². The summed E-state index contributed by atoms with van der Waals surface area (Å²) < 4.78 is 22.9. The van der Waals surface area contributed by atoms with Gasteiger partial charge in [0.25, 0.3) is 0 Å². The normalized spacial score (nSPS) is 20.3. The molecule has 1 rings (SSSR count). The number of rotatable bonds is 43. The van der Waals surface area contributed by atoms with Gasteiger partial charge in [0.1, 0.15) is 30.5 Å². The molecular weight excluding hydrogens is 757 g/mol. The van der Waals surface area contributed by atoms with E-state index >= 15 is 0 Å². The van der Waals surface area contributed by atoms with Crippen LogP contribution in [0.3, 0.4) is 0 Å². The van der Waals surface area contributed by atoms with E-state index in [9.17, 15) is 25.2 Å². The Morgan fingerprint density at radius 2 is 0.967 bits per heavy atom. The van der Waals surface area contributed by atoms with Crippen LogP contribution >= 0.6 is 0 Å². The van der Waals surface area contributed by atoms with Crippen molar-refractivity contribution in [2.24, 2.45) is 0 Å². The highest BCUT2D eigenvalue weighted by atomic mass is 16.7. The van der Waals surface area contributed by atoms with Crippen molar-refractivity contribution in [2.45, 2.75) is 256 Å². The SMILES string of the molecule is CCCCC/C=C\C/C=C\CCCCCCCCCCOCC(COC1OC(CO)C(O)C(O)C1O)OC(=O)CCCCCCCCCCC/C=C\CCCCCCCC. The van der Waals surface area contributed by atoms with E-state index in [1.165, 1.54) is 161 Å². The summed E-state index contributed by atoms with van der Waals surface area (Å²) in [6.07, 6.45) is 44.5. The number of aliphatic hydroxyl groups excluding tert-OH is 4. The summed E-state index contributed by atoms with van der Waals surface area (Å²) in [5, 5.41) is 40.2. The molecule has 0 amide bonds. The topological polar surface area (TPSA) is 135 Å². The molecule has 0 radical (unpaired) electrons. The molecule has 352 valence electrons. The third kappa shape index (κ3) is 33.0. The molecule has 1 fully saturated rings. The van der Waals surface area contributed by atoms with Crippen molar-refractivity contribution in [3.05, 3.63) is 36.5 Å². The van der Waals surface area contributed by atoms with Gasteiger partial charge < -0.3 is 39.4 Å². The van der Waals surface area contributed by atoms with Crippen LogP contribution in [0.15, 0.2) is 36.5 Å². The maximum absolute atomic E-state index is 12.8. The van der Waals surface area contributed by atoms with E-state index in [-0.39, 0.29) is 19.2 Å². The lowest BCUT2D eigenvalue weighted by molar-refractivity contribution is -0.305. The average Bonchev–Trinajstić information content (AvgIpc) is 3.25. The van der Waals surface area contributed by atoms with Crippen molar-refractivity contribution in [1.82, 2.24) is 0 Å². The molecule has 0 saturated carbocycles. The van der Waals surface area contributed by atoms with Crippen molar-refractivity contribution >= 4 is 5.97 Å². The summed E-state index contributed by atoms with van der Waals surface area (Å²) in [4.78, 5) is 12.8. The fourth-order valence-electron chi connectivity index (χ4n) is 7.58. The summed E-state index contributed by atoms with van der Waals surface area (Å²) in [7, 11) is 0. The molecule has 0 aromatic heterocycles. The van der Waals surface area contributed by atoms with Crippen molar-refractivity contribution in [3.8, 4) is 0 Å². The molecule has 0 aromatic rings. The second-order valence-electron chi connectivity index (χ2n) is 17.3. The molecule has 60 heavy (non-hydrogen) atoms. The minimum Gasteiger partial charge on any atom is -0.457 e.